The molecule has 1 aliphatic rings. The van der Waals surface area contributed by atoms with Gasteiger partial charge in [-0.2, -0.15) is 0 Å². The van der Waals surface area contributed by atoms with E-state index in [0.717, 1.165) is 12.8 Å². The Bertz CT molecular complexity index is 120. The minimum atomic E-state index is 0.0833. The number of carbonyl (C=O) groups excluding carboxylic acids is 1. The van der Waals surface area contributed by atoms with Crippen LogP contribution in [0.2, 0.25) is 0 Å². The first-order chi connectivity index (χ1) is 3.84. The first-order valence-corrected chi connectivity index (χ1v) is 3.06. The fraction of sp³-hybridized carbons (Fsp3) is 0.600. The maximum absolute atomic E-state index is 10.6. The van der Waals surface area contributed by atoms with Crippen molar-refractivity contribution in [2.45, 2.75) is 12.8 Å². The molecule has 0 aromatic carbocycles. The Morgan fingerprint density at radius 1 is 1.75 bits per heavy atom. The average molecular weight is 129 g/mol. The lowest BCUT2D eigenvalue weighted by atomic mass is 10.4. The molecule has 0 heterocycles. The van der Waals surface area contributed by atoms with Gasteiger partial charge in [-0.1, -0.05) is 12.2 Å². The average Bonchev–Trinajstić information content (AvgIpc) is 2.45. The number of carbonyl (C=O) groups is 1. The van der Waals surface area contributed by atoms with Gasteiger partial charge in [-0.05, 0) is 12.8 Å². The van der Waals surface area contributed by atoms with Gasteiger partial charge in [0.15, 0.2) is 0 Å². The van der Waals surface area contributed by atoms with E-state index in [4.69, 9.17) is 0 Å². The number of thiocarbonyl (C=S) groups is 1. The minimum Gasteiger partial charge on any atom is -0.323 e. The molecule has 0 unspecified atom stereocenters. The van der Waals surface area contributed by atoms with E-state index in [2.05, 4.69) is 17.5 Å². The van der Waals surface area contributed by atoms with E-state index < -0.39 is 0 Å². The van der Waals surface area contributed by atoms with Crippen LogP contribution in [0.4, 0.5) is 0 Å². The predicted molar refractivity (Wildman–Crippen MR) is 34.5 cm³/mol. The topological polar surface area (TPSA) is 29.1 Å². The van der Waals surface area contributed by atoms with Crippen molar-refractivity contribution in [1.82, 2.24) is 5.32 Å². The van der Waals surface area contributed by atoms with Crippen LogP contribution in [-0.4, -0.2) is 11.4 Å². The lowest BCUT2D eigenvalue weighted by molar-refractivity contribution is -0.120. The van der Waals surface area contributed by atoms with Crippen LogP contribution in [-0.2, 0) is 4.79 Å². The molecule has 0 atom stereocenters. The zero-order valence-electron chi connectivity index (χ0n) is 4.39. The smallest absolute Gasteiger partial charge is 0.227 e. The Kier molecular flexibility index (Phi) is 1.58. The number of hydrogen-bond donors (Lipinski definition) is 1. The lowest BCUT2D eigenvalue weighted by Crippen LogP contribution is -2.21. The van der Waals surface area contributed by atoms with E-state index in [0.29, 0.717) is 0 Å². The van der Waals surface area contributed by atoms with Gasteiger partial charge in [0.2, 0.25) is 5.91 Å². The highest BCUT2D eigenvalue weighted by molar-refractivity contribution is 7.78. The molecular formula is C5H7NOS. The Hall–Kier alpha value is -0.440. The summed E-state index contributed by atoms with van der Waals surface area (Å²) in [6.07, 6.45) is 2.07. The molecule has 1 amide bonds. The van der Waals surface area contributed by atoms with Crippen molar-refractivity contribution in [3.05, 3.63) is 0 Å². The molecule has 1 fully saturated rings. The number of rotatable bonds is 2. The normalized spacial score (nSPS) is 17.5. The molecule has 0 aliphatic heterocycles. The van der Waals surface area contributed by atoms with Gasteiger partial charge >= 0.3 is 0 Å². The van der Waals surface area contributed by atoms with E-state index in [1.165, 1.54) is 5.49 Å². The molecule has 3 heteroatoms. The van der Waals surface area contributed by atoms with E-state index in [-0.39, 0.29) is 11.8 Å². The Labute approximate surface area is 53.3 Å². The van der Waals surface area contributed by atoms with E-state index in [9.17, 15) is 4.79 Å². The Morgan fingerprint density at radius 3 is 2.75 bits per heavy atom. The van der Waals surface area contributed by atoms with Gasteiger partial charge in [0.1, 0.15) is 0 Å². The van der Waals surface area contributed by atoms with Crippen molar-refractivity contribution in [2.75, 3.05) is 0 Å². The van der Waals surface area contributed by atoms with Crippen molar-refractivity contribution in [3.63, 3.8) is 0 Å². The minimum absolute atomic E-state index is 0.0833. The molecular weight excluding hydrogens is 122 g/mol. The zero-order chi connectivity index (χ0) is 5.98. The van der Waals surface area contributed by atoms with Gasteiger partial charge in [0.25, 0.3) is 0 Å². The third kappa shape index (κ3) is 1.26. The molecule has 1 rings (SSSR count). The molecule has 1 N–H and O–H groups in total. The first kappa shape index (κ1) is 5.69. The molecule has 0 saturated heterocycles. The lowest BCUT2D eigenvalue weighted by Gasteiger charge is -1.90. The second kappa shape index (κ2) is 2.22. The maximum Gasteiger partial charge on any atom is 0.227 e. The fourth-order valence-corrected chi connectivity index (χ4v) is 0.638. The summed E-state index contributed by atoms with van der Waals surface area (Å²) >= 11 is 4.42. The summed E-state index contributed by atoms with van der Waals surface area (Å²) in [5.74, 6) is 0.356. The van der Waals surface area contributed by atoms with Crippen molar-refractivity contribution in [3.8, 4) is 0 Å². The third-order valence-corrected chi connectivity index (χ3v) is 1.27. The Balaban J connectivity index is 2.22. The van der Waals surface area contributed by atoms with Crippen LogP contribution in [0.5, 0.6) is 0 Å². The molecule has 2 nitrogen and oxygen atoms in total. The maximum atomic E-state index is 10.6. The highest BCUT2D eigenvalue weighted by Crippen LogP contribution is 2.28. The third-order valence-electron chi connectivity index (χ3n) is 1.15. The fourth-order valence-electron chi connectivity index (χ4n) is 0.521. The summed E-state index contributed by atoms with van der Waals surface area (Å²) in [6.45, 7) is 0. The van der Waals surface area contributed by atoms with Gasteiger partial charge in [-0.25, -0.2) is 0 Å². The van der Waals surface area contributed by atoms with Crippen LogP contribution in [0.25, 0.3) is 0 Å². The van der Waals surface area contributed by atoms with Crippen LogP contribution in [0.1, 0.15) is 12.8 Å². The predicted octanol–water partition coefficient (Wildman–Crippen LogP) is 0.470. The van der Waals surface area contributed by atoms with Crippen molar-refractivity contribution >= 4 is 23.6 Å². The second-order valence-electron chi connectivity index (χ2n) is 1.90. The standard InChI is InChI=1S/C5H7NOS/c7-5(6-3-8)4-1-2-4/h3-4H,1-2H2,(H,6,7,8). The van der Waals surface area contributed by atoms with Crippen molar-refractivity contribution in [2.24, 2.45) is 5.92 Å². The van der Waals surface area contributed by atoms with E-state index in [1.54, 1.807) is 0 Å². The van der Waals surface area contributed by atoms with Gasteiger partial charge in [-0.3, -0.25) is 4.79 Å². The Morgan fingerprint density at radius 2 is 2.38 bits per heavy atom. The SMILES string of the molecule is O=C(NC=S)C1CC1. The monoisotopic (exact) mass is 129 g/mol. The number of hydrogen-bond acceptors (Lipinski definition) is 2. The van der Waals surface area contributed by atoms with Gasteiger partial charge in [0.05, 0.1) is 5.49 Å². The highest BCUT2D eigenvalue weighted by Gasteiger charge is 2.28. The molecule has 0 bridgehead atoms. The largest absolute Gasteiger partial charge is 0.323 e. The summed E-state index contributed by atoms with van der Waals surface area (Å²) in [5.41, 5.74) is 1.26. The highest BCUT2D eigenvalue weighted by atomic mass is 32.1. The van der Waals surface area contributed by atoms with Crippen molar-refractivity contribution in [1.29, 1.82) is 0 Å². The van der Waals surface area contributed by atoms with Crippen LogP contribution in [0.15, 0.2) is 0 Å². The number of amides is 1. The summed E-state index contributed by atoms with van der Waals surface area (Å²) in [4.78, 5) is 10.6. The van der Waals surface area contributed by atoms with Gasteiger partial charge in [-0.15, -0.1) is 0 Å². The molecule has 1 aliphatic carbocycles. The molecule has 0 radical (unpaired) electrons. The zero-order valence-corrected chi connectivity index (χ0v) is 5.20. The molecule has 0 aromatic rings. The van der Waals surface area contributed by atoms with Crippen LogP contribution < -0.4 is 5.32 Å². The molecule has 44 valence electrons. The molecule has 8 heavy (non-hydrogen) atoms. The summed E-state index contributed by atoms with van der Waals surface area (Å²) in [7, 11) is 0. The quantitative estimate of drug-likeness (QED) is 0.549. The molecule has 0 spiro atoms. The second-order valence-corrected chi connectivity index (χ2v) is 2.14. The van der Waals surface area contributed by atoms with Crippen LogP contribution in [0.3, 0.4) is 0 Å². The number of nitrogens with one attached hydrogen (secondary N) is 1. The van der Waals surface area contributed by atoms with E-state index in [1.807, 2.05) is 0 Å². The molecule has 0 aromatic heterocycles. The summed E-state index contributed by atoms with van der Waals surface area (Å²) in [6, 6.07) is 0. The summed E-state index contributed by atoms with van der Waals surface area (Å²) < 4.78 is 0. The van der Waals surface area contributed by atoms with Gasteiger partial charge in [0, 0.05) is 5.92 Å². The van der Waals surface area contributed by atoms with E-state index >= 15 is 0 Å². The first-order valence-electron chi connectivity index (χ1n) is 2.58. The van der Waals surface area contributed by atoms with Gasteiger partial charge < -0.3 is 5.32 Å². The molecule has 1 saturated carbocycles. The van der Waals surface area contributed by atoms with Crippen LogP contribution >= 0.6 is 12.2 Å². The van der Waals surface area contributed by atoms with Crippen LogP contribution in [0, 0.1) is 5.92 Å². The summed E-state index contributed by atoms with van der Waals surface area (Å²) in [5, 5.41) is 2.46. The van der Waals surface area contributed by atoms with Crippen molar-refractivity contribution < 1.29 is 4.79 Å².